The summed E-state index contributed by atoms with van der Waals surface area (Å²) in [5, 5.41) is 9.20. The first-order chi connectivity index (χ1) is 17.0. The molecule has 2 aromatic rings. The lowest BCUT2D eigenvalue weighted by atomic mass is 9.94. The Hall–Kier alpha value is -3.35. The van der Waals surface area contributed by atoms with Crippen LogP contribution in [0.1, 0.15) is 74.8 Å². The van der Waals surface area contributed by atoms with Crippen molar-refractivity contribution >= 4 is 18.0 Å². The fourth-order valence-corrected chi connectivity index (χ4v) is 5.59. The third-order valence-corrected chi connectivity index (χ3v) is 7.31. The van der Waals surface area contributed by atoms with Crippen LogP contribution in [0.3, 0.4) is 0 Å². The molecule has 0 saturated heterocycles. The van der Waals surface area contributed by atoms with Crippen molar-refractivity contribution in [1.82, 2.24) is 4.90 Å². The third kappa shape index (κ3) is 5.66. The van der Waals surface area contributed by atoms with E-state index in [-0.39, 0.29) is 31.4 Å². The van der Waals surface area contributed by atoms with Crippen LogP contribution in [0.4, 0.5) is 4.79 Å². The number of carboxylic acid groups (broad SMARTS) is 1. The SMILES string of the molecule is NC(=O)[C@H](CCC(=O)O)N(C(=O)OCC1c2ccccc2-c2ccccc21)C1CCCCCCC1. The zero-order valence-corrected chi connectivity index (χ0v) is 20.0. The first-order valence-electron chi connectivity index (χ1n) is 12.6. The fraction of sp³-hybridized carbons (Fsp3) is 0.464. The zero-order valence-electron chi connectivity index (χ0n) is 20.0. The van der Waals surface area contributed by atoms with Gasteiger partial charge in [0.15, 0.2) is 0 Å². The Morgan fingerprint density at radius 3 is 2.00 bits per heavy atom. The smallest absolute Gasteiger partial charge is 0.410 e. The number of hydrogen-bond acceptors (Lipinski definition) is 4. The molecule has 1 atom stereocenters. The van der Waals surface area contributed by atoms with E-state index in [9.17, 15) is 19.5 Å². The molecule has 3 N–H and O–H groups in total. The van der Waals surface area contributed by atoms with Crippen molar-refractivity contribution in [2.24, 2.45) is 5.73 Å². The van der Waals surface area contributed by atoms with Gasteiger partial charge in [-0.1, -0.05) is 80.6 Å². The average molecular weight is 479 g/mol. The molecule has 1 saturated carbocycles. The minimum Gasteiger partial charge on any atom is -0.481 e. The predicted octanol–water partition coefficient (Wildman–Crippen LogP) is 5.07. The second-order valence-corrected chi connectivity index (χ2v) is 9.56. The summed E-state index contributed by atoms with van der Waals surface area (Å²) in [5.41, 5.74) is 10.2. The molecule has 0 aliphatic heterocycles. The van der Waals surface area contributed by atoms with Gasteiger partial charge in [0.25, 0.3) is 0 Å². The van der Waals surface area contributed by atoms with E-state index in [1.807, 2.05) is 24.3 Å². The van der Waals surface area contributed by atoms with Gasteiger partial charge in [-0.3, -0.25) is 14.5 Å². The number of carboxylic acids is 1. The number of nitrogens with two attached hydrogens (primary N) is 1. The summed E-state index contributed by atoms with van der Waals surface area (Å²) in [4.78, 5) is 38.7. The highest BCUT2D eigenvalue weighted by atomic mass is 16.6. The highest BCUT2D eigenvalue weighted by molar-refractivity contribution is 5.85. The van der Waals surface area contributed by atoms with Crippen molar-refractivity contribution in [2.75, 3.05) is 6.61 Å². The zero-order chi connectivity index (χ0) is 24.8. The fourth-order valence-electron chi connectivity index (χ4n) is 5.59. The van der Waals surface area contributed by atoms with Gasteiger partial charge in [-0.25, -0.2) is 4.79 Å². The number of hydrogen-bond donors (Lipinski definition) is 2. The second kappa shape index (κ2) is 11.4. The molecule has 0 radical (unpaired) electrons. The van der Waals surface area contributed by atoms with E-state index in [1.54, 1.807) is 0 Å². The number of carbonyl (C=O) groups excluding carboxylic acids is 2. The minimum absolute atomic E-state index is 0.0225. The van der Waals surface area contributed by atoms with Gasteiger partial charge >= 0.3 is 12.1 Å². The number of aliphatic carboxylic acids is 1. The molecule has 0 unspecified atom stereocenters. The van der Waals surface area contributed by atoms with Crippen molar-refractivity contribution in [3.8, 4) is 11.1 Å². The summed E-state index contributed by atoms with van der Waals surface area (Å²) >= 11 is 0. The third-order valence-electron chi connectivity index (χ3n) is 7.31. The lowest BCUT2D eigenvalue weighted by molar-refractivity contribution is -0.137. The lowest BCUT2D eigenvalue weighted by Crippen LogP contribution is -2.53. The Labute approximate surface area is 206 Å². The van der Waals surface area contributed by atoms with E-state index in [4.69, 9.17) is 10.5 Å². The maximum Gasteiger partial charge on any atom is 0.410 e. The quantitative estimate of drug-likeness (QED) is 0.550. The molecule has 4 rings (SSSR count). The number of rotatable bonds is 8. The first kappa shape index (κ1) is 24.8. The maximum absolute atomic E-state index is 13.6. The van der Waals surface area contributed by atoms with E-state index < -0.39 is 24.0 Å². The molecule has 2 aliphatic carbocycles. The second-order valence-electron chi connectivity index (χ2n) is 9.56. The molecule has 2 aromatic carbocycles. The number of benzene rings is 2. The van der Waals surface area contributed by atoms with E-state index in [0.29, 0.717) is 0 Å². The molecule has 186 valence electrons. The number of nitrogens with zero attached hydrogens (tertiary/aromatic N) is 1. The summed E-state index contributed by atoms with van der Waals surface area (Å²) in [5.74, 6) is -1.82. The van der Waals surface area contributed by atoms with E-state index in [0.717, 1.165) is 67.2 Å². The van der Waals surface area contributed by atoms with Crippen LogP contribution in [-0.2, 0) is 14.3 Å². The summed E-state index contributed by atoms with van der Waals surface area (Å²) < 4.78 is 5.90. The molecular weight excluding hydrogens is 444 g/mol. The van der Waals surface area contributed by atoms with Gasteiger partial charge in [-0.15, -0.1) is 0 Å². The number of ether oxygens (including phenoxy) is 1. The van der Waals surface area contributed by atoms with Gasteiger partial charge < -0.3 is 15.6 Å². The topological polar surface area (TPSA) is 110 Å². The van der Waals surface area contributed by atoms with Gasteiger partial charge in [0.2, 0.25) is 5.91 Å². The monoisotopic (exact) mass is 478 g/mol. The van der Waals surface area contributed by atoms with Crippen LogP contribution in [0.15, 0.2) is 48.5 Å². The molecule has 0 aromatic heterocycles. The highest BCUT2D eigenvalue weighted by Gasteiger charge is 2.37. The van der Waals surface area contributed by atoms with Crippen LogP contribution < -0.4 is 5.73 Å². The standard InChI is InChI=1S/C28H34N2O5/c29-27(33)25(16-17-26(31)32)30(19-10-4-2-1-3-5-11-19)28(34)35-18-24-22-14-8-6-12-20(22)21-13-7-9-15-23(21)24/h6-9,12-15,19,24-25H,1-5,10-11,16-18H2,(H2,29,33)(H,31,32)/t25-/m0/s1. The van der Waals surface area contributed by atoms with Crippen molar-refractivity contribution in [2.45, 2.75) is 75.8 Å². The van der Waals surface area contributed by atoms with Crippen LogP contribution in [0.2, 0.25) is 0 Å². The molecule has 7 nitrogen and oxygen atoms in total. The number of fused-ring (bicyclic) bond motifs is 3. The molecule has 2 aliphatic rings. The van der Waals surface area contributed by atoms with Gasteiger partial charge in [0, 0.05) is 18.4 Å². The molecule has 2 amide bonds. The molecule has 0 bridgehead atoms. The van der Waals surface area contributed by atoms with Gasteiger partial charge in [0.1, 0.15) is 12.6 Å². The first-order valence-corrected chi connectivity index (χ1v) is 12.6. The summed E-state index contributed by atoms with van der Waals surface area (Å²) in [7, 11) is 0. The largest absolute Gasteiger partial charge is 0.481 e. The van der Waals surface area contributed by atoms with Crippen molar-refractivity contribution < 1.29 is 24.2 Å². The van der Waals surface area contributed by atoms with Crippen LogP contribution in [0.25, 0.3) is 11.1 Å². The van der Waals surface area contributed by atoms with Crippen LogP contribution in [0.5, 0.6) is 0 Å². The Morgan fingerprint density at radius 2 is 1.46 bits per heavy atom. The molecule has 1 fully saturated rings. The molecule has 0 spiro atoms. The van der Waals surface area contributed by atoms with Gasteiger partial charge in [0.05, 0.1) is 0 Å². The molecule has 0 heterocycles. The summed E-state index contributed by atoms with van der Waals surface area (Å²) in [6, 6.07) is 15.0. The molecular formula is C28H34N2O5. The summed E-state index contributed by atoms with van der Waals surface area (Å²) in [6.45, 7) is 0.139. The van der Waals surface area contributed by atoms with Crippen molar-refractivity contribution in [3.63, 3.8) is 0 Å². The lowest BCUT2D eigenvalue weighted by Gasteiger charge is -2.37. The van der Waals surface area contributed by atoms with Crippen LogP contribution in [0, 0.1) is 0 Å². The van der Waals surface area contributed by atoms with E-state index >= 15 is 0 Å². The summed E-state index contributed by atoms with van der Waals surface area (Å²) in [6.07, 6.45) is 5.85. The number of primary amides is 1. The maximum atomic E-state index is 13.6. The molecule has 35 heavy (non-hydrogen) atoms. The van der Waals surface area contributed by atoms with E-state index in [1.165, 1.54) is 4.90 Å². The number of carbonyl (C=O) groups is 3. The van der Waals surface area contributed by atoms with Gasteiger partial charge in [-0.2, -0.15) is 0 Å². The molecule has 7 heteroatoms. The average Bonchev–Trinajstić information content (AvgIpc) is 3.14. The Balaban J connectivity index is 1.57. The highest BCUT2D eigenvalue weighted by Crippen LogP contribution is 2.44. The Bertz CT molecular complexity index is 1020. The predicted molar refractivity (Wildman–Crippen MR) is 133 cm³/mol. The normalized spacial score (nSPS) is 16.9. The van der Waals surface area contributed by atoms with Gasteiger partial charge in [-0.05, 0) is 41.5 Å². The Morgan fingerprint density at radius 1 is 0.914 bits per heavy atom. The number of amides is 2. The van der Waals surface area contributed by atoms with Crippen molar-refractivity contribution in [1.29, 1.82) is 0 Å². The Kier molecular flexibility index (Phi) is 8.06. The van der Waals surface area contributed by atoms with Crippen molar-refractivity contribution in [3.05, 3.63) is 59.7 Å². The van der Waals surface area contributed by atoms with E-state index in [2.05, 4.69) is 24.3 Å². The minimum atomic E-state index is -1.03. The van der Waals surface area contributed by atoms with Crippen LogP contribution in [-0.4, -0.2) is 46.7 Å². The van der Waals surface area contributed by atoms with Crippen LogP contribution >= 0.6 is 0 Å².